The van der Waals surface area contributed by atoms with Gasteiger partial charge in [0.2, 0.25) is 0 Å². The van der Waals surface area contributed by atoms with Crippen LogP contribution in [0.15, 0.2) is 12.1 Å². The number of aromatic amines is 1. The average molecular weight is 217 g/mol. The number of benzene rings is 1. The molecule has 68 valence electrons. The van der Waals surface area contributed by atoms with Crippen LogP contribution in [0.4, 0.5) is 0 Å². The van der Waals surface area contributed by atoms with Crippen molar-refractivity contribution in [2.75, 3.05) is 7.11 Å². The van der Waals surface area contributed by atoms with Crippen LogP contribution in [0, 0.1) is 0 Å². The molecule has 2 aromatic rings. The molecule has 0 bridgehead atoms. The lowest BCUT2D eigenvalue weighted by Crippen LogP contribution is -1.82. The molecule has 0 spiro atoms. The number of imidazole rings is 1. The van der Waals surface area contributed by atoms with Crippen molar-refractivity contribution in [1.29, 1.82) is 0 Å². The summed E-state index contributed by atoms with van der Waals surface area (Å²) in [5.74, 6) is 0. The summed E-state index contributed by atoms with van der Waals surface area (Å²) < 4.78 is 4.93. The monoisotopic (exact) mass is 216 g/mol. The molecule has 0 atom stereocenters. The third kappa shape index (κ3) is 1.45. The minimum atomic E-state index is 0.452. The van der Waals surface area contributed by atoms with Crippen molar-refractivity contribution < 1.29 is 4.74 Å². The molecule has 0 aliphatic heterocycles. The van der Waals surface area contributed by atoms with Crippen LogP contribution in [0.1, 0.15) is 0 Å². The number of ether oxygens (including phenoxy) is 1. The van der Waals surface area contributed by atoms with Crippen LogP contribution >= 0.6 is 23.2 Å². The number of halogens is 2. The summed E-state index contributed by atoms with van der Waals surface area (Å²) in [5.41, 5.74) is 1.55. The molecule has 1 N–H and O–H groups in total. The maximum atomic E-state index is 5.82. The van der Waals surface area contributed by atoms with Gasteiger partial charge in [-0.25, -0.2) is 0 Å². The molecule has 3 nitrogen and oxygen atoms in total. The van der Waals surface area contributed by atoms with Gasteiger partial charge < -0.3 is 9.72 Å². The van der Waals surface area contributed by atoms with E-state index in [1.54, 1.807) is 19.2 Å². The number of H-pyrrole nitrogens is 1. The van der Waals surface area contributed by atoms with E-state index in [0.29, 0.717) is 16.1 Å². The zero-order valence-electron chi connectivity index (χ0n) is 6.77. The molecule has 0 aliphatic carbocycles. The molecule has 0 unspecified atom stereocenters. The van der Waals surface area contributed by atoms with Crippen LogP contribution in [0.5, 0.6) is 6.01 Å². The van der Waals surface area contributed by atoms with E-state index >= 15 is 0 Å². The average Bonchev–Trinajstić information content (AvgIpc) is 2.48. The number of nitrogens with one attached hydrogen (secondary N) is 1. The summed E-state index contributed by atoms with van der Waals surface area (Å²) >= 11 is 11.6. The van der Waals surface area contributed by atoms with Crippen LogP contribution in [0.2, 0.25) is 10.0 Å². The van der Waals surface area contributed by atoms with E-state index in [4.69, 9.17) is 27.9 Å². The molecule has 0 fully saturated rings. The van der Waals surface area contributed by atoms with Gasteiger partial charge >= 0.3 is 0 Å². The van der Waals surface area contributed by atoms with Gasteiger partial charge in [0, 0.05) is 0 Å². The minimum absolute atomic E-state index is 0.452. The SMILES string of the molecule is COc1nc2cc(Cl)c(Cl)cc2[nH]1. The normalized spacial score (nSPS) is 10.7. The number of rotatable bonds is 1. The highest BCUT2D eigenvalue weighted by atomic mass is 35.5. The van der Waals surface area contributed by atoms with Crippen molar-refractivity contribution in [2.45, 2.75) is 0 Å². The second kappa shape index (κ2) is 3.09. The van der Waals surface area contributed by atoms with E-state index in [-0.39, 0.29) is 0 Å². The number of hydrogen-bond acceptors (Lipinski definition) is 2. The van der Waals surface area contributed by atoms with E-state index in [1.807, 2.05) is 0 Å². The first kappa shape index (κ1) is 8.66. The molecule has 5 heteroatoms. The lowest BCUT2D eigenvalue weighted by atomic mass is 10.3. The Morgan fingerprint density at radius 2 is 2.00 bits per heavy atom. The molecule has 0 amide bonds. The number of fused-ring (bicyclic) bond motifs is 1. The van der Waals surface area contributed by atoms with Crippen LogP contribution in [-0.2, 0) is 0 Å². The minimum Gasteiger partial charge on any atom is -0.468 e. The summed E-state index contributed by atoms with van der Waals surface area (Å²) in [6.07, 6.45) is 0. The Balaban J connectivity index is 2.70. The Bertz CT molecular complexity index is 414. The maximum Gasteiger partial charge on any atom is 0.294 e. The topological polar surface area (TPSA) is 37.9 Å². The van der Waals surface area contributed by atoms with Gasteiger partial charge in [-0.2, -0.15) is 4.98 Å². The zero-order valence-corrected chi connectivity index (χ0v) is 8.28. The molecule has 0 saturated carbocycles. The Morgan fingerprint density at radius 1 is 1.31 bits per heavy atom. The molecule has 0 aliphatic rings. The summed E-state index contributed by atoms with van der Waals surface area (Å²) in [5, 5.41) is 0.990. The lowest BCUT2D eigenvalue weighted by Gasteiger charge is -1.92. The third-order valence-corrected chi connectivity index (χ3v) is 2.42. The third-order valence-electron chi connectivity index (χ3n) is 1.70. The van der Waals surface area contributed by atoms with Gasteiger partial charge in [-0.1, -0.05) is 23.2 Å². The van der Waals surface area contributed by atoms with Crippen molar-refractivity contribution in [2.24, 2.45) is 0 Å². The number of methoxy groups -OCH3 is 1. The highest BCUT2D eigenvalue weighted by molar-refractivity contribution is 6.42. The van der Waals surface area contributed by atoms with E-state index < -0.39 is 0 Å². The Labute approximate surface area is 84.6 Å². The smallest absolute Gasteiger partial charge is 0.294 e. The van der Waals surface area contributed by atoms with Gasteiger partial charge in [-0.15, -0.1) is 0 Å². The van der Waals surface area contributed by atoms with E-state index in [1.165, 1.54) is 0 Å². The summed E-state index contributed by atoms with van der Waals surface area (Å²) in [6.45, 7) is 0. The van der Waals surface area contributed by atoms with Crippen molar-refractivity contribution in [1.82, 2.24) is 9.97 Å². The molecule has 0 radical (unpaired) electrons. The second-order valence-electron chi connectivity index (χ2n) is 2.53. The fraction of sp³-hybridized carbons (Fsp3) is 0.125. The van der Waals surface area contributed by atoms with Gasteiger partial charge in [-0.3, -0.25) is 0 Å². The first-order valence-electron chi connectivity index (χ1n) is 3.59. The van der Waals surface area contributed by atoms with E-state index in [0.717, 1.165) is 11.0 Å². The fourth-order valence-corrected chi connectivity index (χ4v) is 1.40. The first-order valence-corrected chi connectivity index (χ1v) is 4.35. The zero-order chi connectivity index (χ0) is 9.42. The van der Waals surface area contributed by atoms with Crippen LogP contribution in [-0.4, -0.2) is 17.1 Å². The Morgan fingerprint density at radius 3 is 2.69 bits per heavy atom. The molecule has 13 heavy (non-hydrogen) atoms. The largest absolute Gasteiger partial charge is 0.468 e. The number of aromatic nitrogens is 2. The van der Waals surface area contributed by atoms with E-state index in [2.05, 4.69) is 9.97 Å². The lowest BCUT2D eigenvalue weighted by molar-refractivity contribution is 0.386. The van der Waals surface area contributed by atoms with Crippen molar-refractivity contribution in [3.8, 4) is 6.01 Å². The highest BCUT2D eigenvalue weighted by Gasteiger charge is 2.05. The summed E-state index contributed by atoms with van der Waals surface area (Å²) in [7, 11) is 1.54. The van der Waals surface area contributed by atoms with Crippen LogP contribution in [0.3, 0.4) is 0 Å². The van der Waals surface area contributed by atoms with Crippen LogP contribution in [0.25, 0.3) is 11.0 Å². The standard InChI is InChI=1S/C8H6Cl2N2O/c1-13-8-11-6-2-4(9)5(10)3-7(6)12-8/h2-3H,1H3,(H,11,12). The first-order chi connectivity index (χ1) is 6.20. The van der Waals surface area contributed by atoms with Crippen molar-refractivity contribution in [3.63, 3.8) is 0 Å². The predicted octanol–water partition coefficient (Wildman–Crippen LogP) is 2.88. The molecular formula is C8H6Cl2N2O. The Hall–Kier alpha value is -0.930. The molecular weight excluding hydrogens is 211 g/mol. The summed E-state index contributed by atoms with van der Waals surface area (Å²) in [6, 6.07) is 3.86. The van der Waals surface area contributed by atoms with E-state index in [9.17, 15) is 0 Å². The fourth-order valence-electron chi connectivity index (χ4n) is 1.08. The molecule has 1 aromatic heterocycles. The molecule has 1 heterocycles. The number of nitrogens with zero attached hydrogens (tertiary/aromatic N) is 1. The molecule has 2 rings (SSSR count). The summed E-state index contributed by atoms with van der Waals surface area (Å²) in [4.78, 5) is 7.05. The quantitative estimate of drug-likeness (QED) is 0.797. The highest BCUT2D eigenvalue weighted by Crippen LogP contribution is 2.27. The van der Waals surface area contributed by atoms with Crippen molar-refractivity contribution in [3.05, 3.63) is 22.2 Å². The van der Waals surface area contributed by atoms with Crippen LogP contribution < -0.4 is 4.74 Å². The van der Waals surface area contributed by atoms with Gasteiger partial charge in [-0.05, 0) is 12.1 Å². The van der Waals surface area contributed by atoms with Gasteiger partial charge in [0.15, 0.2) is 0 Å². The molecule has 1 aromatic carbocycles. The number of hydrogen-bond donors (Lipinski definition) is 1. The van der Waals surface area contributed by atoms with Gasteiger partial charge in [0.05, 0.1) is 28.2 Å². The van der Waals surface area contributed by atoms with Crippen molar-refractivity contribution >= 4 is 34.2 Å². The molecule has 0 saturated heterocycles. The van der Waals surface area contributed by atoms with Gasteiger partial charge in [0.25, 0.3) is 6.01 Å². The Kier molecular flexibility index (Phi) is 2.06. The predicted molar refractivity (Wildman–Crippen MR) is 52.7 cm³/mol. The maximum absolute atomic E-state index is 5.82. The second-order valence-corrected chi connectivity index (χ2v) is 3.34. The van der Waals surface area contributed by atoms with Gasteiger partial charge in [0.1, 0.15) is 0 Å².